The minimum absolute atomic E-state index is 0.00623. The van der Waals surface area contributed by atoms with Crippen LogP contribution in [0.25, 0.3) is 0 Å². The molecule has 0 aliphatic rings. The predicted molar refractivity (Wildman–Crippen MR) is 81.4 cm³/mol. The van der Waals surface area contributed by atoms with Crippen molar-refractivity contribution in [2.75, 3.05) is 5.32 Å². The van der Waals surface area contributed by atoms with Gasteiger partial charge in [0.25, 0.3) is 0 Å². The van der Waals surface area contributed by atoms with E-state index in [9.17, 15) is 18.0 Å². The van der Waals surface area contributed by atoms with Gasteiger partial charge in [0.1, 0.15) is 0 Å². The number of halogens is 4. The first-order chi connectivity index (χ1) is 10.3. The topological polar surface area (TPSA) is 41.1 Å². The predicted octanol–water partition coefficient (Wildman–Crippen LogP) is 4.79. The summed E-state index contributed by atoms with van der Waals surface area (Å²) in [6, 6.07) is 11.3. The maximum atomic E-state index is 12.6. The van der Waals surface area contributed by atoms with E-state index in [1.165, 1.54) is 12.1 Å². The quantitative estimate of drug-likeness (QED) is 0.798. The second-order valence-corrected chi connectivity index (χ2v) is 5.43. The lowest BCUT2D eigenvalue weighted by molar-refractivity contribution is -0.137. The first-order valence-electron chi connectivity index (χ1n) is 6.31. The van der Waals surface area contributed by atoms with Crippen LogP contribution >= 0.6 is 15.9 Å². The number of amides is 2. The number of nitrogens with one attached hydrogen (secondary N) is 2. The van der Waals surface area contributed by atoms with Crippen LogP contribution in [0.15, 0.2) is 53.0 Å². The summed E-state index contributed by atoms with van der Waals surface area (Å²) >= 11 is 3.28. The molecule has 2 N–H and O–H groups in total. The summed E-state index contributed by atoms with van der Waals surface area (Å²) in [5.41, 5.74) is 0.227. The molecule has 2 rings (SSSR count). The van der Waals surface area contributed by atoms with Crippen LogP contribution in [0.3, 0.4) is 0 Å². The van der Waals surface area contributed by atoms with E-state index in [1.54, 1.807) is 24.3 Å². The van der Waals surface area contributed by atoms with Crippen LogP contribution < -0.4 is 10.6 Å². The van der Waals surface area contributed by atoms with Crippen molar-refractivity contribution in [3.05, 3.63) is 64.1 Å². The van der Waals surface area contributed by atoms with Crippen molar-refractivity contribution in [1.29, 1.82) is 0 Å². The second kappa shape index (κ2) is 6.83. The van der Waals surface area contributed by atoms with Gasteiger partial charge in [-0.05, 0) is 42.0 Å². The highest BCUT2D eigenvalue weighted by Crippen LogP contribution is 2.29. The van der Waals surface area contributed by atoms with Gasteiger partial charge in [0.05, 0.1) is 5.56 Å². The molecule has 0 aliphatic carbocycles. The average Bonchev–Trinajstić information content (AvgIpc) is 2.47. The van der Waals surface area contributed by atoms with Crippen LogP contribution in [-0.4, -0.2) is 6.03 Å². The molecule has 7 heteroatoms. The molecule has 0 fully saturated rings. The fourth-order valence-electron chi connectivity index (χ4n) is 1.75. The smallest absolute Gasteiger partial charge is 0.334 e. The average molecular weight is 373 g/mol. The summed E-state index contributed by atoms with van der Waals surface area (Å²) in [6.07, 6.45) is -4.39. The Balaban J connectivity index is 1.92. The van der Waals surface area contributed by atoms with Crippen LogP contribution in [0.2, 0.25) is 0 Å². The summed E-state index contributed by atoms with van der Waals surface area (Å²) in [5.74, 6) is 0. The standard InChI is InChI=1S/C15H12BrF3N2O/c16-12-4-6-13(7-5-12)21-14(22)20-9-10-2-1-3-11(8-10)15(17,18)19/h1-8H,9H2,(H2,20,21,22). The fourth-order valence-corrected chi connectivity index (χ4v) is 2.01. The van der Waals surface area contributed by atoms with Crippen molar-refractivity contribution in [3.8, 4) is 0 Å². The molecule has 0 heterocycles. The Morgan fingerprint density at radius 1 is 1.09 bits per heavy atom. The van der Waals surface area contributed by atoms with Crippen molar-refractivity contribution in [1.82, 2.24) is 5.32 Å². The lowest BCUT2D eigenvalue weighted by atomic mass is 10.1. The molecule has 0 aliphatic heterocycles. The van der Waals surface area contributed by atoms with Crippen molar-refractivity contribution in [2.45, 2.75) is 12.7 Å². The van der Waals surface area contributed by atoms with E-state index in [4.69, 9.17) is 0 Å². The van der Waals surface area contributed by atoms with Gasteiger partial charge in [0.15, 0.2) is 0 Å². The zero-order valence-electron chi connectivity index (χ0n) is 11.2. The van der Waals surface area contributed by atoms with Crippen molar-refractivity contribution >= 4 is 27.6 Å². The van der Waals surface area contributed by atoms with E-state index in [1.807, 2.05) is 0 Å². The molecule has 2 amide bonds. The molecule has 116 valence electrons. The number of hydrogen-bond donors (Lipinski definition) is 2. The number of alkyl halides is 3. The molecular formula is C15H12BrF3N2O. The van der Waals surface area contributed by atoms with Crippen molar-refractivity contribution in [2.24, 2.45) is 0 Å². The van der Waals surface area contributed by atoms with E-state index < -0.39 is 17.8 Å². The number of rotatable bonds is 3. The zero-order valence-corrected chi connectivity index (χ0v) is 12.8. The number of urea groups is 1. The minimum atomic E-state index is -4.39. The third-order valence-corrected chi connectivity index (χ3v) is 3.34. The van der Waals surface area contributed by atoms with E-state index in [2.05, 4.69) is 26.6 Å². The number of carbonyl (C=O) groups is 1. The second-order valence-electron chi connectivity index (χ2n) is 4.51. The summed E-state index contributed by atoms with van der Waals surface area (Å²) in [7, 11) is 0. The first kappa shape index (κ1) is 16.4. The molecule has 0 saturated carbocycles. The van der Waals surface area contributed by atoms with Crippen LogP contribution in [0.4, 0.5) is 23.7 Å². The van der Waals surface area contributed by atoms with E-state index in [-0.39, 0.29) is 6.54 Å². The van der Waals surface area contributed by atoms with Gasteiger partial charge < -0.3 is 10.6 Å². The van der Waals surface area contributed by atoms with Gasteiger partial charge in [-0.3, -0.25) is 0 Å². The SMILES string of the molecule is O=C(NCc1cccc(C(F)(F)F)c1)Nc1ccc(Br)cc1. The Kier molecular flexibility index (Phi) is 5.07. The molecule has 0 radical (unpaired) electrons. The van der Waals surface area contributed by atoms with Crippen LogP contribution in [-0.2, 0) is 12.7 Å². The summed E-state index contributed by atoms with van der Waals surface area (Å²) < 4.78 is 38.6. The molecule has 2 aromatic carbocycles. The monoisotopic (exact) mass is 372 g/mol. The number of hydrogen-bond acceptors (Lipinski definition) is 1. The Morgan fingerprint density at radius 2 is 1.77 bits per heavy atom. The molecule has 0 aromatic heterocycles. The first-order valence-corrected chi connectivity index (χ1v) is 7.10. The van der Waals surface area contributed by atoms with Gasteiger partial charge >= 0.3 is 12.2 Å². The van der Waals surface area contributed by atoms with Gasteiger partial charge in [0, 0.05) is 16.7 Å². The van der Waals surface area contributed by atoms with E-state index >= 15 is 0 Å². The maximum Gasteiger partial charge on any atom is 0.416 e. The Hall–Kier alpha value is -2.02. The fraction of sp³-hybridized carbons (Fsp3) is 0.133. The summed E-state index contributed by atoms with van der Waals surface area (Å²) in [6.45, 7) is 0.00623. The van der Waals surface area contributed by atoms with Crippen LogP contribution in [0.5, 0.6) is 0 Å². The number of anilines is 1. The lowest BCUT2D eigenvalue weighted by Gasteiger charge is -2.10. The highest BCUT2D eigenvalue weighted by atomic mass is 79.9. The molecule has 0 unspecified atom stereocenters. The van der Waals surface area contributed by atoms with Crippen molar-refractivity contribution in [3.63, 3.8) is 0 Å². The third kappa shape index (κ3) is 4.77. The normalized spacial score (nSPS) is 11.1. The molecule has 0 bridgehead atoms. The van der Waals surface area contributed by atoms with Gasteiger partial charge in [-0.25, -0.2) is 4.79 Å². The molecule has 22 heavy (non-hydrogen) atoms. The number of benzene rings is 2. The van der Waals surface area contributed by atoms with Gasteiger partial charge in [-0.1, -0.05) is 28.1 Å². The van der Waals surface area contributed by atoms with Crippen LogP contribution in [0.1, 0.15) is 11.1 Å². The van der Waals surface area contributed by atoms with E-state index in [0.717, 1.165) is 16.6 Å². The van der Waals surface area contributed by atoms with Crippen molar-refractivity contribution < 1.29 is 18.0 Å². The lowest BCUT2D eigenvalue weighted by Crippen LogP contribution is -2.28. The maximum absolute atomic E-state index is 12.6. The minimum Gasteiger partial charge on any atom is -0.334 e. The van der Waals surface area contributed by atoms with Gasteiger partial charge in [0.2, 0.25) is 0 Å². The third-order valence-electron chi connectivity index (χ3n) is 2.81. The molecule has 0 atom stereocenters. The summed E-state index contributed by atoms with van der Waals surface area (Å²) in [5, 5.41) is 5.10. The number of carbonyl (C=O) groups excluding carboxylic acids is 1. The van der Waals surface area contributed by atoms with E-state index in [0.29, 0.717) is 11.3 Å². The molecule has 3 nitrogen and oxygen atoms in total. The summed E-state index contributed by atoms with van der Waals surface area (Å²) in [4.78, 5) is 11.7. The Labute approximate surface area is 133 Å². The Morgan fingerprint density at radius 3 is 2.41 bits per heavy atom. The molecule has 0 spiro atoms. The van der Waals surface area contributed by atoms with Crippen LogP contribution in [0, 0.1) is 0 Å². The Bertz CT molecular complexity index is 657. The largest absolute Gasteiger partial charge is 0.416 e. The molecular weight excluding hydrogens is 361 g/mol. The highest BCUT2D eigenvalue weighted by Gasteiger charge is 2.30. The highest BCUT2D eigenvalue weighted by molar-refractivity contribution is 9.10. The van der Waals surface area contributed by atoms with Gasteiger partial charge in [-0.2, -0.15) is 13.2 Å². The molecule has 2 aromatic rings. The molecule has 0 saturated heterocycles. The zero-order chi connectivity index (χ0) is 16.2. The van der Waals surface area contributed by atoms with Gasteiger partial charge in [-0.15, -0.1) is 0 Å².